The van der Waals surface area contributed by atoms with Crippen LogP contribution < -0.4 is 24.3 Å². The lowest BCUT2D eigenvalue weighted by Crippen LogP contribution is -2.20. The maximum atomic E-state index is 12.7. The van der Waals surface area contributed by atoms with Crippen molar-refractivity contribution in [2.24, 2.45) is 0 Å². The van der Waals surface area contributed by atoms with Gasteiger partial charge in [0, 0.05) is 5.69 Å². The number of hydrogen-bond donors (Lipinski definition) is 1. The molecule has 0 aliphatic rings. The Morgan fingerprint density at radius 1 is 0.818 bits per heavy atom. The summed E-state index contributed by atoms with van der Waals surface area (Å²) in [6.45, 7) is -0.172. The van der Waals surface area contributed by atoms with Crippen molar-refractivity contribution in [3.63, 3.8) is 0 Å². The molecule has 0 aliphatic carbocycles. The number of allylic oxidation sites excluding steroid dienone is 1. The molecule has 3 aromatic rings. The fourth-order valence-corrected chi connectivity index (χ4v) is 3.04. The molecule has 7 heteroatoms. The minimum absolute atomic E-state index is 0.172. The summed E-state index contributed by atoms with van der Waals surface area (Å²) >= 11 is 0. The lowest BCUT2D eigenvalue weighted by atomic mass is 10.1. The van der Waals surface area contributed by atoms with E-state index in [1.54, 1.807) is 54.6 Å². The highest BCUT2D eigenvalue weighted by molar-refractivity contribution is 6.09. The molecule has 0 aliphatic heterocycles. The zero-order chi connectivity index (χ0) is 23.6. The summed E-state index contributed by atoms with van der Waals surface area (Å²) < 4.78 is 21.5. The van der Waals surface area contributed by atoms with Crippen LogP contribution in [0.4, 0.5) is 5.69 Å². The molecule has 0 bridgehead atoms. The van der Waals surface area contributed by atoms with Crippen molar-refractivity contribution in [2.45, 2.75) is 0 Å². The quantitative estimate of drug-likeness (QED) is 0.361. The molecule has 0 spiro atoms. The molecule has 3 aromatic carbocycles. The van der Waals surface area contributed by atoms with Crippen LogP contribution in [0.1, 0.15) is 15.9 Å². The van der Waals surface area contributed by atoms with Gasteiger partial charge in [-0.25, -0.2) is 0 Å². The van der Waals surface area contributed by atoms with Gasteiger partial charge in [0.2, 0.25) is 0 Å². The number of amides is 1. The fraction of sp³-hybridized carbons (Fsp3) is 0.154. The summed E-state index contributed by atoms with van der Waals surface area (Å²) in [5.41, 5.74) is 1.81. The van der Waals surface area contributed by atoms with E-state index >= 15 is 0 Å². The Bertz CT molecular complexity index is 1140. The maximum absolute atomic E-state index is 12.7. The number of para-hydroxylation sites is 1. The van der Waals surface area contributed by atoms with E-state index in [9.17, 15) is 9.59 Å². The lowest BCUT2D eigenvalue weighted by Gasteiger charge is -2.11. The first-order chi connectivity index (χ1) is 16.0. The fourth-order valence-electron chi connectivity index (χ4n) is 3.04. The molecule has 0 radical (unpaired) electrons. The summed E-state index contributed by atoms with van der Waals surface area (Å²) in [4.78, 5) is 24.8. The first-order valence-electron chi connectivity index (χ1n) is 10.1. The van der Waals surface area contributed by atoms with Crippen LogP contribution in [0.25, 0.3) is 6.08 Å². The normalized spacial score (nSPS) is 10.5. The van der Waals surface area contributed by atoms with Crippen LogP contribution in [-0.4, -0.2) is 39.6 Å². The van der Waals surface area contributed by atoms with Crippen molar-refractivity contribution < 1.29 is 28.5 Å². The van der Waals surface area contributed by atoms with E-state index in [1.807, 2.05) is 18.2 Å². The highest BCUT2D eigenvalue weighted by Crippen LogP contribution is 2.29. The smallest absolute Gasteiger partial charge is 0.262 e. The molecule has 0 atom stereocenters. The Hall–Kier alpha value is -4.26. The number of rotatable bonds is 10. The number of ether oxygens (including phenoxy) is 4. The Kier molecular flexibility index (Phi) is 8.07. The molecule has 0 unspecified atom stereocenters. The summed E-state index contributed by atoms with van der Waals surface area (Å²) in [5, 5.41) is 2.75. The Labute approximate surface area is 192 Å². The van der Waals surface area contributed by atoms with E-state index in [0.29, 0.717) is 34.2 Å². The molecule has 0 heterocycles. The summed E-state index contributed by atoms with van der Waals surface area (Å²) in [5.74, 6) is 1.36. The number of nitrogens with one attached hydrogen (secondary N) is 1. The summed E-state index contributed by atoms with van der Waals surface area (Å²) in [7, 11) is 4.55. The van der Waals surface area contributed by atoms with Gasteiger partial charge in [0.05, 0.1) is 26.9 Å². The average molecular weight is 447 g/mol. The third-order valence-corrected chi connectivity index (χ3v) is 4.70. The number of hydrogen-bond acceptors (Lipinski definition) is 6. The van der Waals surface area contributed by atoms with Crippen LogP contribution >= 0.6 is 0 Å². The van der Waals surface area contributed by atoms with E-state index in [-0.39, 0.29) is 18.3 Å². The molecular weight excluding hydrogens is 422 g/mol. The second-order valence-electron chi connectivity index (χ2n) is 6.88. The minimum Gasteiger partial charge on any atom is -0.497 e. The number of benzene rings is 3. The molecule has 0 aromatic heterocycles. The summed E-state index contributed by atoms with van der Waals surface area (Å²) in [6.07, 6.45) is 3.11. The van der Waals surface area contributed by atoms with Gasteiger partial charge < -0.3 is 24.3 Å². The van der Waals surface area contributed by atoms with Gasteiger partial charge in [0.15, 0.2) is 23.9 Å². The SMILES string of the molecule is COc1ccc(OC)c(C(=O)/C=C/c2ccc(OCC(=O)Nc3ccccc3)c(OC)c2)c1. The van der Waals surface area contributed by atoms with E-state index in [2.05, 4.69) is 5.32 Å². The van der Waals surface area contributed by atoms with Gasteiger partial charge in [-0.05, 0) is 54.1 Å². The molecule has 1 N–H and O–H groups in total. The molecule has 1 amide bonds. The van der Waals surface area contributed by atoms with Crippen LogP contribution in [0.15, 0.2) is 72.8 Å². The van der Waals surface area contributed by atoms with Crippen LogP contribution in [0.3, 0.4) is 0 Å². The number of ketones is 1. The molecule has 7 nitrogen and oxygen atoms in total. The van der Waals surface area contributed by atoms with Gasteiger partial charge >= 0.3 is 0 Å². The third-order valence-electron chi connectivity index (χ3n) is 4.70. The molecule has 170 valence electrons. The first kappa shape index (κ1) is 23.4. The van der Waals surface area contributed by atoms with E-state index < -0.39 is 0 Å². The zero-order valence-corrected chi connectivity index (χ0v) is 18.7. The first-order valence-corrected chi connectivity index (χ1v) is 10.1. The van der Waals surface area contributed by atoms with E-state index in [4.69, 9.17) is 18.9 Å². The predicted molar refractivity (Wildman–Crippen MR) is 126 cm³/mol. The summed E-state index contributed by atoms with van der Waals surface area (Å²) in [6, 6.07) is 19.3. The topological polar surface area (TPSA) is 83.1 Å². The molecule has 3 rings (SSSR count). The van der Waals surface area contributed by atoms with Crippen molar-refractivity contribution in [1.82, 2.24) is 0 Å². The van der Waals surface area contributed by atoms with Crippen molar-refractivity contribution in [1.29, 1.82) is 0 Å². The Balaban J connectivity index is 1.67. The second kappa shape index (κ2) is 11.4. The van der Waals surface area contributed by atoms with E-state index in [1.165, 1.54) is 27.4 Å². The highest BCUT2D eigenvalue weighted by Gasteiger charge is 2.12. The van der Waals surface area contributed by atoms with Gasteiger partial charge in [0.25, 0.3) is 5.91 Å². The van der Waals surface area contributed by atoms with Crippen molar-refractivity contribution >= 4 is 23.5 Å². The maximum Gasteiger partial charge on any atom is 0.262 e. The molecular formula is C26H25NO6. The molecule has 0 saturated carbocycles. The molecule has 33 heavy (non-hydrogen) atoms. The van der Waals surface area contributed by atoms with Crippen LogP contribution in [-0.2, 0) is 4.79 Å². The van der Waals surface area contributed by atoms with Gasteiger partial charge in [-0.15, -0.1) is 0 Å². The zero-order valence-electron chi connectivity index (χ0n) is 18.7. The number of anilines is 1. The predicted octanol–water partition coefficient (Wildman–Crippen LogP) is 4.63. The van der Waals surface area contributed by atoms with Crippen molar-refractivity contribution in [3.05, 3.63) is 83.9 Å². The van der Waals surface area contributed by atoms with Crippen LogP contribution in [0.2, 0.25) is 0 Å². The number of methoxy groups -OCH3 is 3. The number of carbonyl (C=O) groups is 2. The molecule has 0 fully saturated rings. The Morgan fingerprint density at radius 2 is 1.55 bits per heavy atom. The van der Waals surface area contributed by atoms with Gasteiger partial charge in [-0.2, -0.15) is 0 Å². The molecule has 0 saturated heterocycles. The van der Waals surface area contributed by atoms with Gasteiger partial charge in [0.1, 0.15) is 11.5 Å². The second-order valence-corrected chi connectivity index (χ2v) is 6.88. The number of carbonyl (C=O) groups excluding carboxylic acids is 2. The lowest BCUT2D eigenvalue weighted by molar-refractivity contribution is -0.118. The standard InChI is InChI=1S/C26H25NO6/c1-30-20-11-14-23(31-2)21(16-20)22(28)12-9-18-10-13-24(25(15-18)32-3)33-17-26(29)27-19-7-5-4-6-8-19/h4-16H,17H2,1-3H3,(H,27,29)/b12-9+. The monoisotopic (exact) mass is 447 g/mol. The third kappa shape index (κ3) is 6.36. The van der Waals surface area contributed by atoms with Crippen molar-refractivity contribution in [2.75, 3.05) is 33.3 Å². The van der Waals surface area contributed by atoms with Crippen molar-refractivity contribution in [3.8, 4) is 23.0 Å². The largest absolute Gasteiger partial charge is 0.497 e. The van der Waals surface area contributed by atoms with Gasteiger partial charge in [-0.3, -0.25) is 9.59 Å². The van der Waals surface area contributed by atoms with Gasteiger partial charge in [-0.1, -0.05) is 30.3 Å². The van der Waals surface area contributed by atoms with Crippen LogP contribution in [0.5, 0.6) is 23.0 Å². The Morgan fingerprint density at radius 3 is 2.24 bits per heavy atom. The average Bonchev–Trinajstić information content (AvgIpc) is 2.86. The van der Waals surface area contributed by atoms with E-state index in [0.717, 1.165) is 5.56 Å². The minimum atomic E-state index is -0.287. The highest BCUT2D eigenvalue weighted by atomic mass is 16.5. The van der Waals surface area contributed by atoms with Crippen LogP contribution in [0, 0.1) is 0 Å².